The molecule has 0 spiro atoms. The van der Waals surface area contributed by atoms with Gasteiger partial charge in [-0.2, -0.15) is 0 Å². The van der Waals surface area contributed by atoms with E-state index in [9.17, 15) is 4.39 Å². The van der Waals surface area contributed by atoms with E-state index in [0.717, 1.165) is 17.5 Å². The van der Waals surface area contributed by atoms with Crippen molar-refractivity contribution in [3.8, 4) is 11.1 Å². The van der Waals surface area contributed by atoms with Gasteiger partial charge in [0.05, 0.1) is 0 Å². The van der Waals surface area contributed by atoms with Gasteiger partial charge in [0.1, 0.15) is 5.82 Å². The molecule has 2 aromatic carbocycles. The lowest BCUT2D eigenvalue weighted by atomic mass is 9.94. The van der Waals surface area contributed by atoms with Crippen molar-refractivity contribution in [3.63, 3.8) is 0 Å². The number of hydrogen-bond acceptors (Lipinski definition) is 1. The van der Waals surface area contributed by atoms with E-state index in [-0.39, 0.29) is 5.82 Å². The Morgan fingerprint density at radius 3 is 2.50 bits per heavy atom. The normalized spacial score (nSPS) is 12.4. The van der Waals surface area contributed by atoms with Crippen LogP contribution in [0.25, 0.3) is 11.1 Å². The molecule has 0 heterocycles. The Morgan fingerprint density at radius 1 is 1.11 bits per heavy atom. The molecule has 0 aliphatic carbocycles. The van der Waals surface area contributed by atoms with E-state index in [1.165, 1.54) is 0 Å². The third-order valence-corrected chi connectivity index (χ3v) is 3.24. The van der Waals surface area contributed by atoms with Gasteiger partial charge < -0.3 is 5.73 Å². The van der Waals surface area contributed by atoms with Crippen LogP contribution in [-0.2, 0) is 0 Å². The van der Waals surface area contributed by atoms with Crippen LogP contribution < -0.4 is 5.73 Å². The summed E-state index contributed by atoms with van der Waals surface area (Å²) in [6.45, 7) is 2.77. The van der Waals surface area contributed by atoms with E-state index in [0.29, 0.717) is 18.0 Å². The SMILES string of the molecule is CC(CCN)c1ccc(F)c(-c2ccccc2)c1. The quantitative estimate of drug-likeness (QED) is 0.864. The van der Waals surface area contributed by atoms with Gasteiger partial charge >= 0.3 is 0 Å². The van der Waals surface area contributed by atoms with E-state index in [1.807, 2.05) is 42.5 Å². The van der Waals surface area contributed by atoms with Crippen LogP contribution >= 0.6 is 0 Å². The van der Waals surface area contributed by atoms with Crippen LogP contribution in [0.3, 0.4) is 0 Å². The summed E-state index contributed by atoms with van der Waals surface area (Å²) >= 11 is 0. The maximum Gasteiger partial charge on any atom is 0.131 e. The molecule has 2 heteroatoms. The van der Waals surface area contributed by atoms with Crippen molar-refractivity contribution < 1.29 is 4.39 Å². The molecule has 0 amide bonds. The second-order valence-corrected chi connectivity index (χ2v) is 4.58. The van der Waals surface area contributed by atoms with Crippen LogP contribution in [0.4, 0.5) is 4.39 Å². The van der Waals surface area contributed by atoms with E-state index in [2.05, 4.69) is 6.92 Å². The molecule has 2 N–H and O–H groups in total. The summed E-state index contributed by atoms with van der Waals surface area (Å²) in [6.07, 6.45) is 0.917. The molecule has 0 aromatic heterocycles. The number of benzene rings is 2. The summed E-state index contributed by atoms with van der Waals surface area (Å²) < 4.78 is 13.9. The lowest BCUT2D eigenvalue weighted by molar-refractivity contribution is 0.627. The summed E-state index contributed by atoms with van der Waals surface area (Å²) in [7, 11) is 0. The third kappa shape index (κ3) is 2.77. The van der Waals surface area contributed by atoms with E-state index < -0.39 is 0 Å². The molecule has 1 nitrogen and oxygen atoms in total. The zero-order chi connectivity index (χ0) is 13.0. The number of rotatable bonds is 4. The first-order valence-electron chi connectivity index (χ1n) is 6.27. The maximum absolute atomic E-state index is 13.9. The Bertz CT molecular complexity index is 508. The largest absolute Gasteiger partial charge is 0.330 e. The lowest BCUT2D eigenvalue weighted by Gasteiger charge is -2.13. The van der Waals surface area contributed by atoms with Gasteiger partial charge in [-0.25, -0.2) is 4.39 Å². The molecule has 1 unspecified atom stereocenters. The first-order chi connectivity index (χ1) is 8.72. The predicted molar refractivity (Wildman–Crippen MR) is 73.9 cm³/mol. The molecule has 0 radical (unpaired) electrons. The van der Waals surface area contributed by atoms with E-state index >= 15 is 0 Å². The molecule has 2 aromatic rings. The second-order valence-electron chi connectivity index (χ2n) is 4.58. The predicted octanol–water partition coefficient (Wildman–Crippen LogP) is 3.95. The molecule has 2 rings (SSSR count). The fraction of sp³-hybridized carbons (Fsp3) is 0.250. The summed E-state index contributed by atoms with van der Waals surface area (Å²) in [4.78, 5) is 0. The van der Waals surface area contributed by atoms with Crippen molar-refractivity contribution >= 4 is 0 Å². The average Bonchev–Trinajstić information content (AvgIpc) is 2.40. The Labute approximate surface area is 107 Å². The zero-order valence-corrected chi connectivity index (χ0v) is 10.6. The van der Waals surface area contributed by atoms with Gasteiger partial charge in [0.2, 0.25) is 0 Å². The fourth-order valence-electron chi connectivity index (χ4n) is 2.11. The van der Waals surface area contributed by atoms with Crippen LogP contribution in [0.15, 0.2) is 48.5 Å². The second kappa shape index (κ2) is 5.78. The molecular formula is C16H18FN. The molecular weight excluding hydrogens is 225 g/mol. The van der Waals surface area contributed by atoms with Crippen LogP contribution in [0.1, 0.15) is 24.8 Å². The van der Waals surface area contributed by atoms with Crippen molar-refractivity contribution in [3.05, 3.63) is 59.9 Å². The molecule has 0 aliphatic rings. The summed E-state index contributed by atoms with van der Waals surface area (Å²) in [6, 6.07) is 15.0. The topological polar surface area (TPSA) is 26.0 Å². The third-order valence-electron chi connectivity index (χ3n) is 3.24. The van der Waals surface area contributed by atoms with Crippen molar-refractivity contribution in [2.24, 2.45) is 5.73 Å². The van der Waals surface area contributed by atoms with Crippen molar-refractivity contribution in [2.45, 2.75) is 19.3 Å². The maximum atomic E-state index is 13.9. The number of halogens is 1. The molecule has 1 atom stereocenters. The van der Waals surface area contributed by atoms with Gasteiger partial charge in [-0.05, 0) is 42.1 Å². The summed E-state index contributed by atoms with van der Waals surface area (Å²) in [5.74, 6) is 0.183. The Morgan fingerprint density at radius 2 is 1.83 bits per heavy atom. The van der Waals surface area contributed by atoms with Crippen molar-refractivity contribution in [1.82, 2.24) is 0 Å². The van der Waals surface area contributed by atoms with Gasteiger partial charge in [-0.3, -0.25) is 0 Å². The molecule has 0 saturated carbocycles. The molecule has 18 heavy (non-hydrogen) atoms. The molecule has 0 bridgehead atoms. The van der Waals surface area contributed by atoms with E-state index in [1.54, 1.807) is 6.07 Å². The van der Waals surface area contributed by atoms with Crippen LogP contribution in [0.5, 0.6) is 0 Å². The first-order valence-corrected chi connectivity index (χ1v) is 6.27. The standard InChI is InChI=1S/C16H18FN/c1-12(9-10-18)14-7-8-16(17)15(11-14)13-5-3-2-4-6-13/h2-8,11-12H,9-10,18H2,1H3. The smallest absolute Gasteiger partial charge is 0.131 e. The first kappa shape index (κ1) is 12.8. The highest BCUT2D eigenvalue weighted by Crippen LogP contribution is 2.27. The Hall–Kier alpha value is -1.67. The summed E-state index contributed by atoms with van der Waals surface area (Å²) in [5.41, 5.74) is 8.29. The summed E-state index contributed by atoms with van der Waals surface area (Å²) in [5, 5.41) is 0. The van der Waals surface area contributed by atoms with Gasteiger partial charge in [0.15, 0.2) is 0 Å². The van der Waals surface area contributed by atoms with Gasteiger partial charge in [-0.15, -0.1) is 0 Å². The average molecular weight is 243 g/mol. The molecule has 94 valence electrons. The molecule has 0 saturated heterocycles. The van der Waals surface area contributed by atoms with Gasteiger partial charge in [0.25, 0.3) is 0 Å². The van der Waals surface area contributed by atoms with Crippen LogP contribution in [0, 0.1) is 5.82 Å². The zero-order valence-electron chi connectivity index (χ0n) is 10.6. The highest BCUT2D eigenvalue weighted by molar-refractivity contribution is 5.65. The van der Waals surface area contributed by atoms with Crippen LogP contribution in [-0.4, -0.2) is 6.54 Å². The Balaban J connectivity index is 2.39. The van der Waals surface area contributed by atoms with Gasteiger partial charge in [0, 0.05) is 5.56 Å². The Kier molecular flexibility index (Phi) is 4.11. The van der Waals surface area contributed by atoms with Crippen molar-refractivity contribution in [2.75, 3.05) is 6.54 Å². The number of hydrogen-bond donors (Lipinski definition) is 1. The minimum Gasteiger partial charge on any atom is -0.330 e. The number of nitrogens with two attached hydrogens (primary N) is 1. The molecule has 0 aliphatic heterocycles. The highest BCUT2D eigenvalue weighted by Gasteiger charge is 2.10. The van der Waals surface area contributed by atoms with Crippen molar-refractivity contribution in [1.29, 1.82) is 0 Å². The van der Waals surface area contributed by atoms with E-state index in [4.69, 9.17) is 5.73 Å². The van der Waals surface area contributed by atoms with Gasteiger partial charge in [-0.1, -0.05) is 43.3 Å². The minimum absolute atomic E-state index is 0.176. The monoisotopic (exact) mass is 243 g/mol. The highest BCUT2D eigenvalue weighted by atomic mass is 19.1. The lowest BCUT2D eigenvalue weighted by Crippen LogP contribution is -2.04. The van der Waals surface area contributed by atoms with Crippen LogP contribution in [0.2, 0.25) is 0 Å². The fourth-order valence-corrected chi connectivity index (χ4v) is 2.11. The molecule has 0 fully saturated rings. The minimum atomic E-state index is -0.176.